The van der Waals surface area contributed by atoms with Gasteiger partial charge in [0.1, 0.15) is 5.69 Å². The lowest BCUT2D eigenvalue weighted by atomic mass is 9.88. The van der Waals surface area contributed by atoms with Crippen molar-refractivity contribution in [3.05, 3.63) is 70.4 Å². The van der Waals surface area contributed by atoms with Gasteiger partial charge in [-0.3, -0.25) is 4.79 Å². The molecule has 1 atom stereocenters. The van der Waals surface area contributed by atoms with Crippen molar-refractivity contribution >= 4 is 28.4 Å². The van der Waals surface area contributed by atoms with Gasteiger partial charge in [0.2, 0.25) is 0 Å². The number of aryl methyl sites for hydroxylation is 1. The summed E-state index contributed by atoms with van der Waals surface area (Å²) >= 11 is 6.00. The molecular formula is C19H17ClN2O. The van der Waals surface area contributed by atoms with Crippen LogP contribution in [0.2, 0.25) is 5.02 Å². The van der Waals surface area contributed by atoms with Crippen molar-refractivity contribution in [2.45, 2.75) is 25.3 Å². The lowest BCUT2D eigenvalue weighted by molar-refractivity contribution is 0.0929. The molecule has 1 aliphatic rings. The van der Waals surface area contributed by atoms with Gasteiger partial charge in [-0.05, 0) is 54.7 Å². The molecule has 1 unspecified atom stereocenters. The first-order valence-electron chi connectivity index (χ1n) is 7.85. The third-order valence-electron chi connectivity index (χ3n) is 4.51. The van der Waals surface area contributed by atoms with E-state index in [0.717, 1.165) is 30.2 Å². The molecule has 4 heteroatoms. The van der Waals surface area contributed by atoms with Crippen LogP contribution in [-0.4, -0.2) is 16.9 Å². The minimum Gasteiger partial charge on any atom is -0.351 e. The number of benzene rings is 2. The molecule has 0 spiro atoms. The summed E-state index contributed by atoms with van der Waals surface area (Å²) in [6, 6.07) is 16.1. The quantitative estimate of drug-likeness (QED) is 0.732. The average Bonchev–Trinajstić information content (AvgIpc) is 2.98. The molecule has 4 rings (SSSR count). The maximum atomic E-state index is 12.5. The Morgan fingerprint density at radius 3 is 2.83 bits per heavy atom. The highest BCUT2D eigenvalue weighted by Gasteiger charge is 2.21. The van der Waals surface area contributed by atoms with E-state index < -0.39 is 0 Å². The van der Waals surface area contributed by atoms with Gasteiger partial charge in [-0.1, -0.05) is 35.9 Å². The second-order valence-electron chi connectivity index (χ2n) is 6.10. The number of carbonyl (C=O) groups excluding carboxylic acids is 1. The highest BCUT2D eigenvalue weighted by atomic mass is 35.5. The Hall–Kier alpha value is -2.26. The van der Waals surface area contributed by atoms with Crippen LogP contribution in [0.5, 0.6) is 0 Å². The summed E-state index contributed by atoms with van der Waals surface area (Å²) in [6.07, 6.45) is 2.90. The van der Waals surface area contributed by atoms with Gasteiger partial charge in [0.25, 0.3) is 5.91 Å². The fourth-order valence-corrected chi connectivity index (χ4v) is 3.49. The van der Waals surface area contributed by atoms with E-state index in [2.05, 4.69) is 34.6 Å². The number of nitrogens with one attached hydrogen (secondary N) is 2. The molecule has 0 aliphatic heterocycles. The molecule has 0 saturated heterocycles. The molecule has 3 aromatic rings. The van der Waals surface area contributed by atoms with Gasteiger partial charge in [0, 0.05) is 22.0 Å². The maximum absolute atomic E-state index is 12.5. The van der Waals surface area contributed by atoms with Crippen LogP contribution in [0.1, 0.15) is 28.0 Å². The average molecular weight is 325 g/mol. The number of aromatic amines is 1. The molecule has 0 bridgehead atoms. The number of H-pyrrole nitrogens is 1. The number of carbonyl (C=O) groups is 1. The molecule has 3 nitrogen and oxygen atoms in total. The number of fused-ring (bicyclic) bond motifs is 2. The van der Waals surface area contributed by atoms with Crippen molar-refractivity contribution in [3.63, 3.8) is 0 Å². The Bertz CT molecular complexity index is 884. The van der Waals surface area contributed by atoms with Crippen molar-refractivity contribution in [1.82, 2.24) is 10.3 Å². The summed E-state index contributed by atoms with van der Waals surface area (Å²) < 4.78 is 0. The fourth-order valence-electron chi connectivity index (χ4n) is 3.31. The monoisotopic (exact) mass is 324 g/mol. The van der Waals surface area contributed by atoms with Crippen molar-refractivity contribution < 1.29 is 4.79 Å². The Kier molecular flexibility index (Phi) is 3.58. The molecule has 1 aliphatic carbocycles. The van der Waals surface area contributed by atoms with Crippen molar-refractivity contribution in [2.75, 3.05) is 0 Å². The number of amides is 1. The predicted molar refractivity (Wildman–Crippen MR) is 93.0 cm³/mol. The van der Waals surface area contributed by atoms with E-state index in [1.165, 1.54) is 11.1 Å². The summed E-state index contributed by atoms with van der Waals surface area (Å²) in [5.74, 6) is -0.0540. The lowest BCUT2D eigenvalue weighted by Crippen LogP contribution is -2.38. The van der Waals surface area contributed by atoms with Gasteiger partial charge in [-0.2, -0.15) is 0 Å². The predicted octanol–water partition coefficient (Wildman–Crippen LogP) is 4.11. The first-order chi connectivity index (χ1) is 11.2. The van der Waals surface area contributed by atoms with Crippen molar-refractivity contribution in [3.8, 4) is 0 Å². The molecule has 2 aromatic carbocycles. The van der Waals surface area contributed by atoms with Crippen LogP contribution in [0.4, 0.5) is 0 Å². The van der Waals surface area contributed by atoms with E-state index in [1.807, 2.05) is 24.3 Å². The largest absolute Gasteiger partial charge is 0.351 e. The van der Waals surface area contributed by atoms with Crippen molar-refractivity contribution in [1.29, 1.82) is 0 Å². The van der Waals surface area contributed by atoms with Crippen LogP contribution in [0.3, 0.4) is 0 Å². The topological polar surface area (TPSA) is 44.9 Å². The molecule has 2 N–H and O–H groups in total. The molecule has 1 amide bonds. The Labute approximate surface area is 139 Å². The van der Waals surface area contributed by atoms with Gasteiger partial charge in [-0.25, -0.2) is 0 Å². The third-order valence-corrected chi connectivity index (χ3v) is 4.74. The maximum Gasteiger partial charge on any atom is 0.267 e. The summed E-state index contributed by atoms with van der Waals surface area (Å²) in [4.78, 5) is 15.7. The first kappa shape index (κ1) is 14.3. The van der Waals surface area contributed by atoms with E-state index in [0.29, 0.717) is 10.7 Å². The molecule has 1 aromatic heterocycles. The SMILES string of the molecule is O=C(NC1CCc2ccccc2C1)c1cc2cc(Cl)ccc2[nH]1. The van der Waals surface area contributed by atoms with Crippen LogP contribution in [0.15, 0.2) is 48.5 Å². The first-order valence-corrected chi connectivity index (χ1v) is 8.23. The van der Waals surface area contributed by atoms with Crippen LogP contribution >= 0.6 is 11.6 Å². The standard InChI is InChI=1S/C19H17ClN2O/c20-15-6-8-17-14(9-15)11-18(22-17)19(23)21-16-7-5-12-3-1-2-4-13(12)10-16/h1-4,6,8-9,11,16,22H,5,7,10H2,(H,21,23). The third kappa shape index (κ3) is 2.84. The van der Waals surface area contributed by atoms with Gasteiger partial charge >= 0.3 is 0 Å². The van der Waals surface area contributed by atoms with E-state index in [1.54, 1.807) is 0 Å². The summed E-state index contributed by atoms with van der Waals surface area (Å²) in [6.45, 7) is 0. The summed E-state index contributed by atoms with van der Waals surface area (Å²) in [5, 5.41) is 4.78. The number of halogens is 1. The smallest absolute Gasteiger partial charge is 0.267 e. The second kappa shape index (κ2) is 5.74. The summed E-state index contributed by atoms with van der Waals surface area (Å²) in [7, 11) is 0. The highest BCUT2D eigenvalue weighted by Crippen LogP contribution is 2.23. The van der Waals surface area contributed by atoms with Gasteiger partial charge < -0.3 is 10.3 Å². The minimum atomic E-state index is -0.0540. The molecule has 0 saturated carbocycles. The van der Waals surface area contributed by atoms with Crippen molar-refractivity contribution in [2.24, 2.45) is 0 Å². The molecule has 0 fully saturated rings. The fraction of sp³-hybridized carbons (Fsp3) is 0.211. The minimum absolute atomic E-state index is 0.0540. The molecule has 23 heavy (non-hydrogen) atoms. The second-order valence-corrected chi connectivity index (χ2v) is 6.53. The van der Waals surface area contributed by atoms with E-state index in [4.69, 9.17) is 11.6 Å². The normalized spacial score (nSPS) is 17.0. The number of hydrogen-bond acceptors (Lipinski definition) is 1. The van der Waals surface area contributed by atoms with Gasteiger partial charge in [-0.15, -0.1) is 0 Å². The Balaban J connectivity index is 1.51. The molecule has 1 heterocycles. The highest BCUT2D eigenvalue weighted by molar-refractivity contribution is 6.31. The number of hydrogen-bond donors (Lipinski definition) is 2. The van der Waals surface area contributed by atoms with Crippen LogP contribution in [0.25, 0.3) is 10.9 Å². The Morgan fingerprint density at radius 1 is 1.13 bits per heavy atom. The molecular weight excluding hydrogens is 308 g/mol. The van der Waals surface area contributed by atoms with E-state index in [-0.39, 0.29) is 11.9 Å². The lowest BCUT2D eigenvalue weighted by Gasteiger charge is -2.25. The van der Waals surface area contributed by atoms with Crippen LogP contribution < -0.4 is 5.32 Å². The zero-order valence-corrected chi connectivity index (χ0v) is 13.4. The summed E-state index contributed by atoms with van der Waals surface area (Å²) in [5.41, 5.74) is 4.25. The van der Waals surface area contributed by atoms with Crippen LogP contribution in [-0.2, 0) is 12.8 Å². The number of aromatic nitrogens is 1. The van der Waals surface area contributed by atoms with Gasteiger partial charge in [0.15, 0.2) is 0 Å². The molecule has 0 radical (unpaired) electrons. The van der Waals surface area contributed by atoms with E-state index >= 15 is 0 Å². The van der Waals surface area contributed by atoms with Crippen LogP contribution in [0, 0.1) is 0 Å². The zero-order valence-electron chi connectivity index (χ0n) is 12.6. The van der Waals surface area contributed by atoms with Gasteiger partial charge in [0.05, 0.1) is 0 Å². The zero-order chi connectivity index (χ0) is 15.8. The Morgan fingerprint density at radius 2 is 1.96 bits per heavy atom. The van der Waals surface area contributed by atoms with E-state index in [9.17, 15) is 4.79 Å². The number of rotatable bonds is 2. The molecule has 116 valence electrons.